The van der Waals surface area contributed by atoms with E-state index in [4.69, 9.17) is 14.2 Å². The van der Waals surface area contributed by atoms with Crippen molar-refractivity contribution in [2.75, 3.05) is 20.8 Å². The molecule has 2 aromatic carbocycles. The van der Waals surface area contributed by atoms with Crippen molar-refractivity contribution in [2.45, 2.75) is 32.6 Å². The maximum atomic E-state index is 13.1. The molecule has 2 aromatic rings. The second-order valence-corrected chi connectivity index (χ2v) is 7.27. The topological polar surface area (TPSA) is 61.8 Å². The number of hydrogen-bond donors (Lipinski definition) is 0. The van der Waals surface area contributed by atoms with Gasteiger partial charge in [-0.1, -0.05) is 31.2 Å². The molecule has 0 saturated heterocycles. The van der Waals surface area contributed by atoms with Gasteiger partial charge in [-0.3, -0.25) is 9.59 Å². The molecule has 0 fully saturated rings. The van der Waals surface area contributed by atoms with Gasteiger partial charge in [0.15, 0.2) is 5.78 Å². The van der Waals surface area contributed by atoms with Gasteiger partial charge in [-0.15, -0.1) is 0 Å². The van der Waals surface area contributed by atoms with Crippen LogP contribution in [0.1, 0.15) is 42.9 Å². The Kier molecular flexibility index (Phi) is 6.93. The Morgan fingerprint density at radius 3 is 2.37 bits per heavy atom. The zero-order valence-corrected chi connectivity index (χ0v) is 17.9. The molecule has 0 amide bonds. The number of allylic oxidation sites excluding steroid dienone is 2. The van der Waals surface area contributed by atoms with Crippen LogP contribution in [0.25, 0.3) is 5.57 Å². The Labute approximate surface area is 177 Å². The number of ketones is 1. The molecule has 0 heterocycles. The van der Waals surface area contributed by atoms with Crippen molar-refractivity contribution in [2.24, 2.45) is 5.92 Å². The van der Waals surface area contributed by atoms with Crippen molar-refractivity contribution >= 4 is 17.3 Å². The van der Waals surface area contributed by atoms with Gasteiger partial charge in [0.1, 0.15) is 17.4 Å². The zero-order chi connectivity index (χ0) is 21.7. The summed E-state index contributed by atoms with van der Waals surface area (Å²) in [6, 6.07) is 13.6. The minimum atomic E-state index is -0.842. The fraction of sp³-hybridized carbons (Fsp3) is 0.360. The van der Waals surface area contributed by atoms with Crippen LogP contribution in [0.15, 0.2) is 48.5 Å². The molecule has 1 aliphatic carbocycles. The number of rotatable bonds is 7. The van der Waals surface area contributed by atoms with Gasteiger partial charge in [-0.05, 0) is 54.7 Å². The van der Waals surface area contributed by atoms with E-state index < -0.39 is 11.9 Å². The fourth-order valence-corrected chi connectivity index (χ4v) is 3.95. The number of methoxy groups -OCH3 is 2. The van der Waals surface area contributed by atoms with Crippen LogP contribution >= 0.6 is 0 Å². The number of esters is 1. The number of benzene rings is 2. The van der Waals surface area contributed by atoms with E-state index >= 15 is 0 Å². The molecular weight excluding hydrogens is 380 g/mol. The monoisotopic (exact) mass is 408 g/mol. The molecule has 0 aromatic heterocycles. The first kappa shape index (κ1) is 21.6. The van der Waals surface area contributed by atoms with Gasteiger partial charge in [0.2, 0.25) is 0 Å². The molecule has 0 spiro atoms. The van der Waals surface area contributed by atoms with E-state index in [-0.39, 0.29) is 18.3 Å². The van der Waals surface area contributed by atoms with Gasteiger partial charge in [-0.25, -0.2) is 0 Å². The number of hydrogen-bond acceptors (Lipinski definition) is 5. The average Bonchev–Trinajstić information content (AvgIpc) is 2.78. The summed E-state index contributed by atoms with van der Waals surface area (Å²) < 4.78 is 16.1. The first-order valence-corrected chi connectivity index (χ1v) is 10.2. The molecule has 2 atom stereocenters. The predicted molar refractivity (Wildman–Crippen MR) is 116 cm³/mol. The highest BCUT2D eigenvalue weighted by Crippen LogP contribution is 2.43. The van der Waals surface area contributed by atoms with E-state index in [9.17, 15) is 9.59 Å². The predicted octanol–water partition coefficient (Wildman–Crippen LogP) is 4.59. The number of carbonyl (C=O) groups excluding carboxylic acids is 2. The highest BCUT2D eigenvalue weighted by atomic mass is 16.5. The second kappa shape index (κ2) is 9.61. The van der Waals surface area contributed by atoms with E-state index in [1.807, 2.05) is 36.4 Å². The van der Waals surface area contributed by atoms with Crippen LogP contribution in [0.5, 0.6) is 11.5 Å². The Morgan fingerprint density at radius 2 is 1.77 bits per heavy atom. The SMILES string of the molecule is CCOC(=O)[C@@H]1C(=O)C=C(c2ccc(OC)cc2OC)C[C@@H]1c1ccc(CC)cc1. The van der Waals surface area contributed by atoms with Gasteiger partial charge >= 0.3 is 5.97 Å². The van der Waals surface area contributed by atoms with Crippen LogP contribution in [-0.2, 0) is 20.7 Å². The molecular formula is C25H28O5. The maximum Gasteiger partial charge on any atom is 0.317 e. The summed E-state index contributed by atoms with van der Waals surface area (Å²) in [5, 5.41) is 0. The summed E-state index contributed by atoms with van der Waals surface area (Å²) in [5.41, 5.74) is 3.83. The highest BCUT2D eigenvalue weighted by Gasteiger charge is 2.40. The van der Waals surface area contributed by atoms with Crippen molar-refractivity contribution in [1.29, 1.82) is 0 Å². The average molecular weight is 408 g/mol. The Hall–Kier alpha value is -3.08. The Balaban J connectivity index is 2.04. The molecule has 158 valence electrons. The van der Waals surface area contributed by atoms with Crippen molar-refractivity contribution in [3.8, 4) is 11.5 Å². The third-order valence-electron chi connectivity index (χ3n) is 5.58. The lowest BCUT2D eigenvalue weighted by Gasteiger charge is -2.30. The quantitative estimate of drug-likeness (QED) is 0.495. The molecule has 1 aliphatic rings. The van der Waals surface area contributed by atoms with E-state index in [0.29, 0.717) is 17.9 Å². The first-order chi connectivity index (χ1) is 14.5. The first-order valence-electron chi connectivity index (χ1n) is 10.2. The van der Waals surface area contributed by atoms with E-state index in [1.165, 1.54) is 5.56 Å². The van der Waals surface area contributed by atoms with Gasteiger partial charge in [0.25, 0.3) is 0 Å². The molecule has 30 heavy (non-hydrogen) atoms. The fourth-order valence-electron chi connectivity index (χ4n) is 3.95. The third kappa shape index (κ3) is 4.40. The van der Waals surface area contributed by atoms with Gasteiger partial charge in [0.05, 0.1) is 20.8 Å². The van der Waals surface area contributed by atoms with Crippen LogP contribution < -0.4 is 9.47 Å². The minimum absolute atomic E-state index is 0.239. The molecule has 0 aliphatic heterocycles. The van der Waals surface area contributed by atoms with Gasteiger partial charge in [-0.2, -0.15) is 0 Å². The zero-order valence-electron chi connectivity index (χ0n) is 17.9. The third-order valence-corrected chi connectivity index (χ3v) is 5.58. The number of carbonyl (C=O) groups is 2. The van der Waals surface area contributed by atoms with Gasteiger partial charge in [0, 0.05) is 17.5 Å². The second-order valence-electron chi connectivity index (χ2n) is 7.27. The van der Waals surface area contributed by atoms with E-state index in [0.717, 1.165) is 23.1 Å². The highest BCUT2D eigenvalue weighted by molar-refractivity contribution is 6.11. The lowest BCUT2D eigenvalue weighted by molar-refractivity contribution is -0.151. The summed E-state index contributed by atoms with van der Waals surface area (Å²) in [7, 11) is 3.18. The Morgan fingerprint density at radius 1 is 1.03 bits per heavy atom. The van der Waals surface area contributed by atoms with Crippen LogP contribution in [0.2, 0.25) is 0 Å². The van der Waals surface area contributed by atoms with Crippen LogP contribution in [0.3, 0.4) is 0 Å². The van der Waals surface area contributed by atoms with E-state index in [1.54, 1.807) is 33.3 Å². The van der Waals surface area contributed by atoms with E-state index in [2.05, 4.69) is 6.92 Å². The molecule has 0 unspecified atom stereocenters. The standard InChI is InChI=1S/C25H28O5/c1-5-16-7-9-17(10-8-16)21-13-18(14-22(26)24(21)25(27)30-6-2)20-12-11-19(28-3)15-23(20)29-4/h7-12,14-15,21,24H,5-6,13H2,1-4H3/t21-,24+/m1/s1. The largest absolute Gasteiger partial charge is 0.497 e. The molecule has 0 N–H and O–H groups in total. The molecule has 5 nitrogen and oxygen atoms in total. The van der Waals surface area contributed by atoms with Crippen molar-refractivity contribution in [3.63, 3.8) is 0 Å². The summed E-state index contributed by atoms with van der Waals surface area (Å²) in [6.07, 6.45) is 3.02. The molecule has 0 saturated carbocycles. The smallest absolute Gasteiger partial charge is 0.317 e. The Bertz CT molecular complexity index is 943. The molecule has 0 radical (unpaired) electrons. The lowest BCUT2D eigenvalue weighted by atomic mass is 9.73. The summed E-state index contributed by atoms with van der Waals surface area (Å²) in [4.78, 5) is 25.7. The van der Waals surface area contributed by atoms with Crippen molar-refractivity contribution < 1.29 is 23.8 Å². The van der Waals surface area contributed by atoms with Crippen LogP contribution in [0, 0.1) is 5.92 Å². The summed E-state index contributed by atoms with van der Waals surface area (Å²) >= 11 is 0. The van der Waals surface area contributed by atoms with Crippen LogP contribution in [-0.4, -0.2) is 32.6 Å². The molecule has 5 heteroatoms. The lowest BCUT2D eigenvalue weighted by Crippen LogP contribution is -2.34. The summed E-state index contributed by atoms with van der Waals surface area (Å²) in [6.45, 7) is 4.09. The molecule has 0 bridgehead atoms. The van der Waals surface area contributed by atoms with Crippen molar-refractivity contribution in [1.82, 2.24) is 0 Å². The minimum Gasteiger partial charge on any atom is -0.497 e. The van der Waals surface area contributed by atoms with Gasteiger partial charge < -0.3 is 14.2 Å². The van der Waals surface area contributed by atoms with Crippen LogP contribution in [0.4, 0.5) is 0 Å². The number of aryl methyl sites for hydroxylation is 1. The van der Waals surface area contributed by atoms with Crippen molar-refractivity contribution in [3.05, 3.63) is 65.2 Å². The normalized spacial score (nSPS) is 18.5. The summed E-state index contributed by atoms with van der Waals surface area (Å²) in [5.74, 6) is -0.543. The molecule has 3 rings (SSSR count). The maximum absolute atomic E-state index is 13.1. The number of ether oxygens (including phenoxy) is 3.